The molecule has 0 aliphatic heterocycles. The molecule has 0 radical (unpaired) electrons. The summed E-state index contributed by atoms with van der Waals surface area (Å²) in [5.74, 6) is -0.491. The number of carbonyl (C=O) groups excluding carboxylic acids is 2. The van der Waals surface area contributed by atoms with Gasteiger partial charge in [0.1, 0.15) is 6.61 Å². The first-order valence-electron chi connectivity index (χ1n) is 5.65. The Morgan fingerprint density at radius 3 is 2.56 bits per heavy atom. The number of carbonyl (C=O) groups is 2. The van der Waals surface area contributed by atoms with E-state index in [0.29, 0.717) is 6.54 Å². The Balaban J connectivity index is 3.65. The topological polar surface area (TPSA) is 79.5 Å². The minimum atomic E-state index is -2.50. The van der Waals surface area contributed by atoms with Gasteiger partial charge in [-0.15, -0.1) is 0 Å². The largest absolute Gasteiger partial charge is 0.374 e. The van der Waals surface area contributed by atoms with E-state index in [0.717, 1.165) is 0 Å². The maximum Gasteiger partial charge on any atom is 0.321 e. The van der Waals surface area contributed by atoms with Crippen LogP contribution in [0.15, 0.2) is 0 Å². The Morgan fingerprint density at radius 1 is 1.33 bits per heavy atom. The van der Waals surface area contributed by atoms with Crippen LogP contribution in [-0.4, -0.2) is 50.7 Å². The van der Waals surface area contributed by atoms with Crippen LogP contribution in [0.25, 0.3) is 0 Å². The summed E-state index contributed by atoms with van der Waals surface area (Å²) in [7, 11) is 0. The second kappa shape index (κ2) is 9.72. The number of nitrogens with one attached hydrogen (secondary N) is 3. The lowest BCUT2D eigenvalue weighted by molar-refractivity contribution is -0.121. The van der Waals surface area contributed by atoms with Crippen LogP contribution in [0.1, 0.15) is 13.8 Å². The van der Waals surface area contributed by atoms with Gasteiger partial charge in [0.05, 0.1) is 12.6 Å². The molecule has 0 heterocycles. The molecule has 6 nitrogen and oxygen atoms in total. The van der Waals surface area contributed by atoms with E-state index in [4.69, 9.17) is 0 Å². The lowest BCUT2D eigenvalue weighted by Gasteiger charge is -2.13. The lowest BCUT2D eigenvalue weighted by Crippen LogP contribution is -2.48. The third-order valence-corrected chi connectivity index (χ3v) is 1.91. The fourth-order valence-electron chi connectivity index (χ4n) is 1.04. The molecule has 0 aromatic heterocycles. The van der Waals surface area contributed by atoms with E-state index >= 15 is 0 Å². The molecule has 0 aromatic rings. The van der Waals surface area contributed by atoms with Gasteiger partial charge < -0.3 is 15.4 Å². The van der Waals surface area contributed by atoms with Crippen LogP contribution in [0, 0.1) is 0 Å². The van der Waals surface area contributed by atoms with Crippen molar-refractivity contribution in [2.24, 2.45) is 0 Å². The number of alkyl halides is 2. The summed E-state index contributed by atoms with van der Waals surface area (Å²) in [6.45, 7) is 3.40. The van der Waals surface area contributed by atoms with Crippen molar-refractivity contribution < 1.29 is 23.1 Å². The molecule has 0 saturated heterocycles. The Morgan fingerprint density at radius 2 is 2.00 bits per heavy atom. The molecule has 0 saturated carbocycles. The van der Waals surface area contributed by atoms with Crippen molar-refractivity contribution in [3.05, 3.63) is 0 Å². The Labute approximate surface area is 104 Å². The molecule has 3 N–H and O–H groups in total. The second-order valence-electron chi connectivity index (χ2n) is 3.49. The molecule has 0 bridgehead atoms. The van der Waals surface area contributed by atoms with Crippen LogP contribution in [0.4, 0.5) is 13.6 Å². The Kier molecular flexibility index (Phi) is 9.03. The van der Waals surface area contributed by atoms with E-state index in [1.807, 2.05) is 0 Å². The van der Waals surface area contributed by atoms with Gasteiger partial charge in [0.2, 0.25) is 5.91 Å². The molecular formula is C10H19F2N3O3. The van der Waals surface area contributed by atoms with Gasteiger partial charge in [-0.05, 0) is 13.8 Å². The van der Waals surface area contributed by atoms with Gasteiger partial charge in [0, 0.05) is 13.1 Å². The van der Waals surface area contributed by atoms with E-state index in [1.54, 1.807) is 13.8 Å². The van der Waals surface area contributed by atoms with Crippen LogP contribution in [0.3, 0.4) is 0 Å². The summed E-state index contributed by atoms with van der Waals surface area (Å²) in [6, 6.07) is -1.17. The first kappa shape index (κ1) is 16.7. The first-order valence-corrected chi connectivity index (χ1v) is 5.65. The predicted octanol–water partition coefficient (Wildman–Crippen LogP) is 0.0919. The van der Waals surface area contributed by atoms with Crippen LogP contribution in [0.2, 0.25) is 0 Å². The highest BCUT2D eigenvalue weighted by molar-refractivity contribution is 5.96. The molecule has 0 aromatic carbocycles. The Hall–Kier alpha value is -1.28. The molecule has 106 valence electrons. The van der Waals surface area contributed by atoms with Gasteiger partial charge in [0.25, 0.3) is 6.43 Å². The summed E-state index contributed by atoms with van der Waals surface area (Å²) in [6.07, 6.45) is -2.50. The SMILES string of the molecule is CCNC(=O)NC(=O)C(C)NCCOCC(F)F. The third kappa shape index (κ3) is 8.82. The van der Waals surface area contributed by atoms with Crippen molar-refractivity contribution in [2.45, 2.75) is 26.3 Å². The minimum absolute atomic E-state index is 0.0725. The highest BCUT2D eigenvalue weighted by Gasteiger charge is 2.14. The molecule has 0 fully saturated rings. The number of rotatable bonds is 8. The number of urea groups is 1. The summed E-state index contributed by atoms with van der Waals surface area (Å²) < 4.78 is 28.0. The molecule has 1 unspecified atom stereocenters. The van der Waals surface area contributed by atoms with Crippen LogP contribution in [-0.2, 0) is 9.53 Å². The van der Waals surface area contributed by atoms with Crippen molar-refractivity contribution in [3.63, 3.8) is 0 Å². The maximum atomic E-state index is 11.7. The second-order valence-corrected chi connectivity index (χ2v) is 3.49. The molecule has 0 aliphatic rings. The monoisotopic (exact) mass is 267 g/mol. The van der Waals surface area contributed by atoms with Gasteiger partial charge >= 0.3 is 6.03 Å². The molecular weight excluding hydrogens is 248 g/mol. The summed E-state index contributed by atoms with van der Waals surface area (Å²) in [5, 5.41) is 7.28. The molecule has 8 heteroatoms. The number of halogens is 2. The summed E-state index contributed by atoms with van der Waals surface area (Å²) in [5.41, 5.74) is 0. The minimum Gasteiger partial charge on any atom is -0.374 e. The molecule has 0 rings (SSSR count). The van der Waals surface area contributed by atoms with Gasteiger partial charge in [-0.3, -0.25) is 10.1 Å². The predicted molar refractivity (Wildman–Crippen MR) is 61.5 cm³/mol. The van der Waals surface area contributed by atoms with Gasteiger partial charge in [-0.2, -0.15) is 0 Å². The highest BCUT2D eigenvalue weighted by atomic mass is 19.3. The number of hydrogen-bond donors (Lipinski definition) is 3. The number of ether oxygens (including phenoxy) is 1. The van der Waals surface area contributed by atoms with Crippen molar-refractivity contribution in [2.75, 3.05) is 26.3 Å². The van der Waals surface area contributed by atoms with E-state index in [2.05, 4.69) is 20.7 Å². The van der Waals surface area contributed by atoms with E-state index < -0.39 is 31.0 Å². The van der Waals surface area contributed by atoms with Crippen molar-refractivity contribution >= 4 is 11.9 Å². The molecule has 1 atom stereocenters. The van der Waals surface area contributed by atoms with Crippen LogP contribution < -0.4 is 16.0 Å². The fourth-order valence-corrected chi connectivity index (χ4v) is 1.04. The van der Waals surface area contributed by atoms with E-state index in [-0.39, 0.29) is 13.2 Å². The van der Waals surface area contributed by atoms with Gasteiger partial charge in [-0.1, -0.05) is 0 Å². The molecule has 3 amide bonds. The van der Waals surface area contributed by atoms with Gasteiger partial charge in [-0.25, -0.2) is 13.6 Å². The maximum absolute atomic E-state index is 11.7. The lowest BCUT2D eigenvalue weighted by atomic mass is 10.3. The average Bonchev–Trinajstić information content (AvgIpc) is 2.28. The highest BCUT2D eigenvalue weighted by Crippen LogP contribution is 1.91. The van der Waals surface area contributed by atoms with Crippen LogP contribution in [0.5, 0.6) is 0 Å². The zero-order valence-corrected chi connectivity index (χ0v) is 10.5. The normalized spacial score (nSPS) is 12.3. The quantitative estimate of drug-likeness (QED) is 0.545. The van der Waals surface area contributed by atoms with Crippen molar-refractivity contribution in [1.82, 2.24) is 16.0 Å². The number of hydrogen-bond acceptors (Lipinski definition) is 4. The summed E-state index contributed by atoms with van der Waals surface area (Å²) >= 11 is 0. The number of amides is 3. The molecule has 0 spiro atoms. The first-order chi connectivity index (χ1) is 8.47. The molecule has 0 aliphatic carbocycles. The summed E-state index contributed by atoms with van der Waals surface area (Å²) in [4.78, 5) is 22.4. The zero-order valence-electron chi connectivity index (χ0n) is 10.5. The molecule has 18 heavy (non-hydrogen) atoms. The number of imide groups is 1. The van der Waals surface area contributed by atoms with Crippen molar-refractivity contribution in [3.8, 4) is 0 Å². The zero-order chi connectivity index (χ0) is 14.0. The fraction of sp³-hybridized carbons (Fsp3) is 0.800. The standard InChI is InChI=1S/C10H19F2N3O3/c1-3-13-10(17)15-9(16)7(2)14-4-5-18-6-8(11)12/h7-8,14H,3-6H2,1-2H3,(H2,13,15,16,17). The van der Waals surface area contributed by atoms with E-state index in [9.17, 15) is 18.4 Å². The average molecular weight is 267 g/mol. The van der Waals surface area contributed by atoms with E-state index in [1.165, 1.54) is 0 Å². The third-order valence-electron chi connectivity index (χ3n) is 1.91. The van der Waals surface area contributed by atoms with Crippen LogP contribution >= 0.6 is 0 Å². The Bertz CT molecular complexity index is 265. The van der Waals surface area contributed by atoms with Crippen molar-refractivity contribution in [1.29, 1.82) is 0 Å². The smallest absolute Gasteiger partial charge is 0.321 e. The van der Waals surface area contributed by atoms with Gasteiger partial charge in [0.15, 0.2) is 0 Å².